The Kier molecular flexibility index (Phi) is 6.73. The fourth-order valence-corrected chi connectivity index (χ4v) is 3.23. The standard InChI is InChI=1S/C20H22N4OS/c25-20(22-13-14-26-19-9-5-2-6-10-19)21-12-11-17-15-23-24(16-17)18-7-3-1-4-8-18/h1-10,15-16H,11-14H2,(H2,21,22,25). The van der Waals surface area contributed by atoms with E-state index in [0.29, 0.717) is 13.1 Å². The number of hydrogen-bond donors (Lipinski definition) is 2. The second kappa shape index (κ2) is 9.68. The predicted molar refractivity (Wildman–Crippen MR) is 106 cm³/mol. The van der Waals surface area contributed by atoms with Crippen LogP contribution in [0, 0.1) is 0 Å². The van der Waals surface area contributed by atoms with Gasteiger partial charge in [-0.15, -0.1) is 11.8 Å². The van der Waals surface area contributed by atoms with Gasteiger partial charge in [-0.05, 0) is 36.2 Å². The largest absolute Gasteiger partial charge is 0.338 e. The fraction of sp³-hybridized carbons (Fsp3) is 0.200. The zero-order chi connectivity index (χ0) is 18.0. The van der Waals surface area contributed by atoms with Crippen molar-refractivity contribution >= 4 is 17.8 Å². The molecule has 1 heterocycles. The Morgan fingerprint density at radius 1 is 0.962 bits per heavy atom. The van der Waals surface area contributed by atoms with Crippen molar-refractivity contribution < 1.29 is 4.79 Å². The Hall–Kier alpha value is -2.73. The van der Waals surface area contributed by atoms with E-state index in [9.17, 15) is 4.79 Å². The first-order chi connectivity index (χ1) is 12.8. The zero-order valence-electron chi connectivity index (χ0n) is 14.5. The molecule has 0 aliphatic heterocycles. The molecule has 0 aliphatic carbocycles. The molecule has 0 saturated heterocycles. The maximum absolute atomic E-state index is 11.8. The lowest BCUT2D eigenvalue weighted by Gasteiger charge is -2.07. The van der Waals surface area contributed by atoms with E-state index in [-0.39, 0.29) is 6.03 Å². The molecule has 26 heavy (non-hydrogen) atoms. The summed E-state index contributed by atoms with van der Waals surface area (Å²) >= 11 is 1.73. The van der Waals surface area contributed by atoms with E-state index < -0.39 is 0 Å². The van der Waals surface area contributed by atoms with Gasteiger partial charge in [0.2, 0.25) is 0 Å². The van der Waals surface area contributed by atoms with E-state index in [1.165, 1.54) is 4.90 Å². The number of nitrogens with one attached hydrogen (secondary N) is 2. The molecule has 0 saturated carbocycles. The molecular formula is C20H22N4OS. The van der Waals surface area contributed by atoms with Crippen molar-refractivity contribution in [2.45, 2.75) is 11.3 Å². The van der Waals surface area contributed by atoms with Crippen LogP contribution in [0.25, 0.3) is 5.69 Å². The molecule has 0 aliphatic rings. The zero-order valence-corrected chi connectivity index (χ0v) is 15.3. The third-order valence-corrected chi connectivity index (χ3v) is 4.77. The SMILES string of the molecule is O=C(NCCSc1ccccc1)NCCc1cnn(-c2ccccc2)c1. The number of aromatic nitrogens is 2. The van der Waals surface area contributed by atoms with Crippen molar-refractivity contribution in [1.29, 1.82) is 0 Å². The number of benzene rings is 2. The molecule has 134 valence electrons. The molecular weight excluding hydrogens is 344 g/mol. The maximum Gasteiger partial charge on any atom is 0.314 e. The highest BCUT2D eigenvalue weighted by molar-refractivity contribution is 7.99. The van der Waals surface area contributed by atoms with Crippen molar-refractivity contribution in [1.82, 2.24) is 20.4 Å². The third kappa shape index (κ3) is 5.67. The van der Waals surface area contributed by atoms with Gasteiger partial charge in [0.15, 0.2) is 0 Å². The highest BCUT2D eigenvalue weighted by Gasteiger charge is 2.03. The van der Waals surface area contributed by atoms with E-state index in [1.54, 1.807) is 11.8 Å². The van der Waals surface area contributed by atoms with Gasteiger partial charge in [0.05, 0.1) is 11.9 Å². The quantitative estimate of drug-likeness (QED) is 0.474. The Morgan fingerprint density at radius 2 is 1.65 bits per heavy atom. The molecule has 0 atom stereocenters. The van der Waals surface area contributed by atoms with Gasteiger partial charge in [-0.2, -0.15) is 5.10 Å². The fourth-order valence-electron chi connectivity index (χ4n) is 2.44. The lowest BCUT2D eigenvalue weighted by Crippen LogP contribution is -2.37. The van der Waals surface area contributed by atoms with Gasteiger partial charge >= 0.3 is 6.03 Å². The molecule has 0 radical (unpaired) electrons. The minimum atomic E-state index is -0.130. The monoisotopic (exact) mass is 366 g/mol. The number of carbonyl (C=O) groups excluding carboxylic acids is 1. The molecule has 2 aromatic carbocycles. The van der Waals surface area contributed by atoms with Crippen LogP contribution in [0.1, 0.15) is 5.56 Å². The number of amides is 2. The molecule has 5 nitrogen and oxygen atoms in total. The number of urea groups is 1. The molecule has 3 rings (SSSR count). The van der Waals surface area contributed by atoms with E-state index in [2.05, 4.69) is 27.9 Å². The van der Waals surface area contributed by atoms with Gasteiger partial charge in [0, 0.05) is 29.9 Å². The summed E-state index contributed by atoms with van der Waals surface area (Å²) in [6, 6.07) is 20.0. The summed E-state index contributed by atoms with van der Waals surface area (Å²) < 4.78 is 1.84. The number of carbonyl (C=O) groups is 1. The minimum absolute atomic E-state index is 0.130. The molecule has 2 amide bonds. The normalized spacial score (nSPS) is 10.5. The topological polar surface area (TPSA) is 59.0 Å². The van der Waals surface area contributed by atoms with Gasteiger partial charge in [-0.25, -0.2) is 9.48 Å². The summed E-state index contributed by atoms with van der Waals surface area (Å²) in [6.07, 6.45) is 4.58. The summed E-state index contributed by atoms with van der Waals surface area (Å²) in [7, 11) is 0. The minimum Gasteiger partial charge on any atom is -0.338 e. The highest BCUT2D eigenvalue weighted by atomic mass is 32.2. The molecule has 0 bridgehead atoms. The Morgan fingerprint density at radius 3 is 2.42 bits per heavy atom. The molecule has 0 fully saturated rings. The van der Waals surface area contributed by atoms with Crippen LogP contribution in [0.5, 0.6) is 0 Å². The maximum atomic E-state index is 11.8. The molecule has 3 aromatic rings. The van der Waals surface area contributed by atoms with Crippen molar-refractivity contribution in [3.8, 4) is 5.69 Å². The molecule has 0 unspecified atom stereocenters. The summed E-state index contributed by atoms with van der Waals surface area (Å²) in [4.78, 5) is 13.0. The van der Waals surface area contributed by atoms with Crippen LogP contribution in [0.3, 0.4) is 0 Å². The van der Waals surface area contributed by atoms with Crippen LogP contribution >= 0.6 is 11.8 Å². The van der Waals surface area contributed by atoms with Gasteiger partial charge < -0.3 is 10.6 Å². The number of thioether (sulfide) groups is 1. The highest BCUT2D eigenvalue weighted by Crippen LogP contribution is 2.15. The van der Waals surface area contributed by atoms with Crippen molar-refractivity contribution in [3.63, 3.8) is 0 Å². The van der Waals surface area contributed by atoms with Gasteiger partial charge in [-0.3, -0.25) is 0 Å². The molecule has 6 heteroatoms. The van der Waals surface area contributed by atoms with Crippen LogP contribution in [0.4, 0.5) is 4.79 Å². The molecule has 0 spiro atoms. The number of rotatable bonds is 8. The first-order valence-electron chi connectivity index (χ1n) is 8.60. The first kappa shape index (κ1) is 18.1. The average molecular weight is 366 g/mol. The Bertz CT molecular complexity index is 805. The first-order valence-corrected chi connectivity index (χ1v) is 9.58. The van der Waals surface area contributed by atoms with Crippen molar-refractivity contribution in [2.75, 3.05) is 18.8 Å². The lowest BCUT2D eigenvalue weighted by atomic mass is 10.2. The summed E-state index contributed by atoms with van der Waals surface area (Å²) in [5.41, 5.74) is 2.12. The predicted octanol–water partition coefficient (Wildman–Crippen LogP) is 3.51. The third-order valence-electron chi connectivity index (χ3n) is 3.76. The van der Waals surface area contributed by atoms with Crippen LogP contribution in [-0.2, 0) is 6.42 Å². The van der Waals surface area contributed by atoms with Gasteiger partial charge in [-0.1, -0.05) is 36.4 Å². The summed E-state index contributed by atoms with van der Waals surface area (Å²) in [6.45, 7) is 1.22. The van der Waals surface area contributed by atoms with E-state index in [4.69, 9.17) is 0 Å². The van der Waals surface area contributed by atoms with Crippen LogP contribution in [-0.4, -0.2) is 34.7 Å². The molecule has 1 aromatic heterocycles. The summed E-state index contributed by atoms with van der Waals surface area (Å²) in [5.74, 6) is 0.848. The lowest BCUT2D eigenvalue weighted by molar-refractivity contribution is 0.241. The second-order valence-corrected chi connectivity index (χ2v) is 6.89. The average Bonchev–Trinajstić information content (AvgIpc) is 3.16. The van der Waals surface area contributed by atoms with Gasteiger partial charge in [0.25, 0.3) is 0 Å². The van der Waals surface area contributed by atoms with Crippen molar-refractivity contribution in [3.05, 3.63) is 78.6 Å². The number of nitrogens with zero attached hydrogens (tertiary/aromatic N) is 2. The molecule has 2 N–H and O–H groups in total. The van der Waals surface area contributed by atoms with Crippen LogP contribution < -0.4 is 10.6 Å². The smallest absolute Gasteiger partial charge is 0.314 e. The van der Waals surface area contributed by atoms with Crippen LogP contribution in [0.2, 0.25) is 0 Å². The van der Waals surface area contributed by atoms with E-state index in [0.717, 1.165) is 23.4 Å². The summed E-state index contributed by atoms with van der Waals surface area (Å²) in [5, 5.41) is 10.1. The number of hydrogen-bond acceptors (Lipinski definition) is 3. The Balaban J connectivity index is 1.32. The van der Waals surface area contributed by atoms with Gasteiger partial charge in [0.1, 0.15) is 0 Å². The van der Waals surface area contributed by atoms with Crippen LogP contribution in [0.15, 0.2) is 78.0 Å². The van der Waals surface area contributed by atoms with E-state index >= 15 is 0 Å². The van der Waals surface area contributed by atoms with E-state index in [1.807, 2.05) is 65.6 Å². The second-order valence-electron chi connectivity index (χ2n) is 5.72. The van der Waals surface area contributed by atoms with Crippen molar-refractivity contribution in [2.24, 2.45) is 0 Å². The Labute approximate surface area is 157 Å². The number of para-hydroxylation sites is 1.